The summed E-state index contributed by atoms with van der Waals surface area (Å²) in [5, 5.41) is 35.2. The number of fused-ring (bicyclic) bond motifs is 1. The van der Waals surface area contributed by atoms with E-state index in [2.05, 4.69) is 20.9 Å². The predicted octanol–water partition coefficient (Wildman–Crippen LogP) is -1.55. The zero-order valence-corrected chi connectivity index (χ0v) is 19.0. The molecule has 0 aliphatic carbocycles. The zero-order valence-electron chi connectivity index (χ0n) is 19.0. The maximum atomic E-state index is 12.9. The van der Waals surface area contributed by atoms with Crippen molar-refractivity contribution in [3.63, 3.8) is 0 Å². The monoisotopic (exact) mass is 491 g/mol. The van der Waals surface area contributed by atoms with Gasteiger partial charge in [0.15, 0.2) is 0 Å². The highest BCUT2D eigenvalue weighted by atomic mass is 16.4. The van der Waals surface area contributed by atoms with Crippen molar-refractivity contribution in [1.29, 1.82) is 0 Å². The van der Waals surface area contributed by atoms with Crippen molar-refractivity contribution in [3.05, 3.63) is 36.0 Å². The molecule has 1 aromatic carbocycles. The first-order chi connectivity index (χ1) is 16.5. The van der Waals surface area contributed by atoms with Crippen LogP contribution >= 0.6 is 0 Å². The van der Waals surface area contributed by atoms with Gasteiger partial charge in [-0.15, -0.1) is 0 Å². The highest BCUT2D eigenvalue weighted by Gasteiger charge is 2.28. The van der Waals surface area contributed by atoms with E-state index in [1.807, 2.05) is 24.3 Å². The summed E-state index contributed by atoms with van der Waals surface area (Å²) < 4.78 is 0. The Balaban J connectivity index is 2.09. The molecule has 1 aromatic heterocycles. The van der Waals surface area contributed by atoms with Crippen LogP contribution in [0.1, 0.15) is 25.3 Å². The third kappa shape index (κ3) is 8.08. The highest BCUT2D eigenvalue weighted by molar-refractivity contribution is 5.93. The Bertz CT molecular complexity index is 1080. The van der Waals surface area contributed by atoms with Gasteiger partial charge in [-0.2, -0.15) is 0 Å². The number of H-pyrrole nitrogens is 1. The van der Waals surface area contributed by atoms with Gasteiger partial charge in [0.1, 0.15) is 18.1 Å². The van der Waals surface area contributed by atoms with Crippen LogP contribution in [0.2, 0.25) is 0 Å². The van der Waals surface area contributed by atoms with E-state index in [0.717, 1.165) is 10.9 Å². The number of hydrogen-bond acceptors (Lipinski definition) is 7. The van der Waals surface area contributed by atoms with Gasteiger partial charge in [0.2, 0.25) is 17.7 Å². The molecule has 13 heteroatoms. The van der Waals surface area contributed by atoms with Gasteiger partial charge in [0.05, 0.1) is 12.6 Å². The molecule has 0 aliphatic rings. The highest BCUT2D eigenvalue weighted by Crippen LogP contribution is 2.19. The largest absolute Gasteiger partial charge is 0.481 e. The number of nitrogens with one attached hydrogen (secondary N) is 4. The molecule has 0 saturated heterocycles. The molecule has 35 heavy (non-hydrogen) atoms. The topological polar surface area (TPSA) is 224 Å². The van der Waals surface area contributed by atoms with Crippen LogP contribution < -0.4 is 21.7 Å². The molecule has 1 heterocycles. The van der Waals surface area contributed by atoms with Crippen LogP contribution in [0, 0.1) is 0 Å². The number of nitrogens with two attached hydrogens (primary N) is 1. The molecule has 2 aromatic rings. The standard InChI is InChI=1S/C22H29N5O8/c1-11(28)19(23)21(33)27-16(8-12-9-24-14-5-3-2-4-13(12)14)20(32)25-10-17(29)26-15(22(34)35)6-7-18(30)31/h2-5,9,11,15-16,19,24,28H,6-8,10,23H2,1H3,(H,25,32)(H,26,29)(H,27,33)(H,30,31)(H,34,35). The van der Waals surface area contributed by atoms with Gasteiger partial charge in [-0.3, -0.25) is 19.2 Å². The number of carboxylic acids is 2. The number of carbonyl (C=O) groups is 5. The molecule has 3 amide bonds. The van der Waals surface area contributed by atoms with Crippen LogP contribution in [0.5, 0.6) is 0 Å². The van der Waals surface area contributed by atoms with Crippen molar-refractivity contribution < 1.29 is 39.3 Å². The maximum absolute atomic E-state index is 12.9. The minimum absolute atomic E-state index is 0.0338. The van der Waals surface area contributed by atoms with Crippen LogP contribution in [0.4, 0.5) is 0 Å². The molecule has 4 unspecified atom stereocenters. The number of aromatic amines is 1. The molecule has 190 valence electrons. The number of hydrogen-bond donors (Lipinski definition) is 8. The second-order valence-corrected chi connectivity index (χ2v) is 8.00. The van der Waals surface area contributed by atoms with Crippen molar-refractivity contribution in [2.24, 2.45) is 5.73 Å². The van der Waals surface area contributed by atoms with E-state index in [9.17, 15) is 29.1 Å². The lowest BCUT2D eigenvalue weighted by molar-refractivity contribution is -0.143. The second kappa shape index (κ2) is 12.5. The number of aliphatic hydroxyl groups is 1. The minimum atomic E-state index is -1.44. The summed E-state index contributed by atoms with van der Waals surface area (Å²) in [6.45, 7) is 0.713. The summed E-state index contributed by atoms with van der Waals surface area (Å²) in [5.41, 5.74) is 7.18. The Morgan fingerprint density at radius 2 is 1.71 bits per heavy atom. The number of carboxylic acid groups (broad SMARTS) is 2. The SMILES string of the molecule is CC(O)C(N)C(=O)NC(Cc1c[nH]c2ccccc12)C(=O)NCC(=O)NC(CCC(=O)O)C(=O)O. The van der Waals surface area contributed by atoms with Gasteiger partial charge in [0.25, 0.3) is 0 Å². The third-order valence-corrected chi connectivity index (χ3v) is 5.26. The lowest BCUT2D eigenvalue weighted by atomic mass is 10.0. The van der Waals surface area contributed by atoms with Gasteiger partial charge in [0, 0.05) is 29.9 Å². The number of aliphatic hydroxyl groups excluding tert-OH is 1. The van der Waals surface area contributed by atoms with Crippen molar-refractivity contribution in [2.45, 2.75) is 50.4 Å². The Hall–Kier alpha value is -3.97. The molecular formula is C22H29N5O8. The van der Waals surface area contributed by atoms with E-state index in [4.69, 9.17) is 15.9 Å². The Morgan fingerprint density at radius 1 is 1.03 bits per heavy atom. The quantitative estimate of drug-likeness (QED) is 0.162. The Labute approximate surface area is 200 Å². The van der Waals surface area contributed by atoms with Crippen LogP contribution in [0.3, 0.4) is 0 Å². The lowest BCUT2D eigenvalue weighted by Crippen LogP contribution is -2.56. The van der Waals surface area contributed by atoms with E-state index in [1.165, 1.54) is 6.92 Å². The smallest absolute Gasteiger partial charge is 0.326 e. The van der Waals surface area contributed by atoms with Crippen LogP contribution in [0.15, 0.2) is 30.5 Å². The zero-order chi connectivity index (χ0) is 26.1. The fraction of sp³-hybridized carbons (Fsp3) is 0.409. The minimum Gasteiger partial charge on any atom is -0.481 e. The molecule has 13 nitrogen and oxygen atoms in total. The van der Waals surface area contributed by atoms with E-state index in [0.29, 0.717) is 5.56 Å². The van der Waals surface area contributed by atoms with Crippen molar-refractivity contribution >= 4 is 40.6 Å². The molecule has 9 N–H and O–H groups in total. The second-order valence-electron chi connectivity index (χ2n) is 8.00. The van der Waals surface area contributed by atoms with Gasteiger partial charge in [-0.1, -0.05) is 18.2 Å². The summed E-state index contributed by atoms with van der Waals surface area (Å²) in [4.78, 5) is 62.4. The molecule has 4 atom stereocenters. The van der Waals surface area contributed by atoms with E-state index in [1.54, 1.807) is 6.20 Å². The molecule has 0 saturated carbocycles. The summed E-state index contributed by atoms with van der Waals surface area (Å²) >= 11 is 0. The van der Waals surface area contributed by atoms with Crippen molar-refractivity contribution in [3.8, 4) is 0 Å². The van der Waals surface area contributed by atoms with Crippen molar-refractivity contribution in [1.82, 2.24) is 20.9 Å². The predicted molar refractivity (Wildman–Crippen MR) is 123 cm³/mol. The summed E-state index contributed by atoms with van der Waals surface area (Å²) in [5.74, 6) is -5.00. The molecule has 0 aliphatic heterocycles. The van der Waals surface area contributed by atoms with Crippen LogP contribution in [-0.4, -0.2) is 80.7 Å². The van der Waals surface area contributed by atoms with Crippen LogP contribution in [0.25, 0.3) is 10.9 Å². The lowest BCUT2D eigenvalue weighted by Gasteiger charge is -2.22. The first-order valence-corrected chi connectivity index (χ1v) is 10.8. The van der Waals surface area contributed by atoms with Crippen molar-refractivity contribution in [2.75, 3.05) is 6.54 Å². The molecule has 0 radical (unpaired) electrons. The molecule has 2 rings (SSSR count). The summed E-state index contributed by atoms with van der Waals surface area (Å²) in [6, 6.07) is 3.41. The molecule has 0 fully saturated rings. The first-order valence-electron chi connectivity index (χ1n) is 10.8. The van der Waals surface area contributed by atoms with E-state index < -0.39 is 66.9 Å². The average Bonchev–Trinajstić information content (AvgIpc) is 3.21. The van der Waals surface area contributed by atoms with E-state index in [-0.39, 0.29) is 12.8 Å². The van der Waals surface area contributed by atoms with Gasteiger partial charge < -0.3 is 42.0 Å². The number of benzene rings is 1. The van der Waals surface area contributed by atoms with Gasteiger partial charge in [-0.05, 0) is 25.0 Å². The first kappa shape index (κ1) is 27.3. The normalized spacial score (nSPS) is 14.4. The molecule has 0 bridgehead atoms. The fourth-order valence-corrected chi connectivity index (χ4v) is 3.28. The van der Waals surface area contributed by atoms with Crippen LogP contribution in [-0.2, 0) is 30.4 Å². The number of carbonyl (C=O) groups excluding carboxylic acids is 3. The summed E-state index contributed by atoms with van der Waals surface area (Å²) in [7, 11) is 0. The number of amides is 3. The van der Waals surface area contributed by atoms with E-state index >= 15 is 0 Å². The number of rotatable bonds is 13. The Morgan fingerprint density at radius 3 is 2.34 bits per heavy atom. The summed E-state index contributed by atoms with van der Waals surface area (Å²) in [6.07, 6.45) is -0.256. The number of para-hydroxylation sites is 1. The third-order valence-electron chi connectivity index (χ3n) is 5.26. The maximum Gasteiger partial charge on any atom is 0.326 e. The van der Waals surface area contributed by atoms with Gasteiger partial charge in [-0.25, -0.2) is 4.79 Å². The van der Waals surface area contributed by atoms with Gasteiger partial charge >= 0.3 is 11.9 Å². The average molecular weight is 492 g/mol. The fourth-order valence-electron chi connectivity index (χ4n) is 3.28. The number of aromatic nitrogens is 1. The molecular weight excluding hydrogens is 462 g/mol. The Kier molecular flexibility index (Phi) is 9.73. The number of aliphatic carboxylic acids is 2. The molecule has 0 spiro atoms.